The minimum Gasteiger partial charge on any atom is -0.394 e. The van der Waals surface area contributed by atoms with Crippen molar-refractivity contribution in [2.45, 2.75) is 32.0 Å². The van der Waals surface area contributed by atoms with Crippen molar-refractivity contribution in [2.75, 3.05) is 12.3 Å². The first kappa shape index (κ1) is 14.5. The van der Waals surface area contributed by atoms with E-state index in [2.05, 4.69) is 9.97 Å². The molecule has 4 atom stereocenters. The van der Waals surface area contributed by atoms with Crippen molar-refractivity contribution in [3.05, 3.63) is 16.8 Å². The fourth-order valence-corrected chi connectivity index (χ4v) is 1.64. The van der Waals surface area contributed by atoms with Gasteiger partial charge >= 0.3 is 5.69 Å². The number of nitrogen functional groups attached to an aromatic ring is 1. The summed E-state index contributed by atoms with van der Waals surface area (Å²) >= 11 is 0. The lowest BCUT2D eigenvalue weighted by Crippen LogP contribution is -2.36. The summed E-state index contributed by atoms with van der Waals surface area (Å²) in [5.74, 6) is -0.196. The van der Waals surface area contributed by atoms with Crippen molar-refractivity contribution in [1.82, 2.24) is 14.5 Å². The van der Waals surface area contributed by atoms with Gasteiger partial charge < -0.3 is 25.8 Å². The first-order chi connectivity index (χ1) is 8.04. The largest absolute Gasteiger partial charge is 0.394 e. The molecule has 0 radical (unpaired) electrons. The zero-order valence-electron chi connectivity index (χ0n) is 8.67. The number of hydrogen-bond donors (Lipinski definition) is 4. The van der Waals surface area contributed by atoms with Gasteiger partial charge in [-0.25, -0.2) is 9.78 Å². The monoisotopic (exact) mass is 260 g/mol. The number of aliphatic hydroxyl groups is 3. The van der Waals surface area contributed by atoms with Gasteiger partial charge in [-0.2, -0.15) is 4.98 Å². The Morgan fingerprint density at radius 1 is 1.44 bits per heavy atom. The SMILES string of the molecule is C.Nc1ncn([C@@H]2O[C@H](CO)[C@H](O)C2O)c(=O)n1. The van der Waals surface area contributed by atoms with Crippen molar-refractivity contribution >= 4 is 5.95 Å². The third-order valence-corrected chi connectivity index (χ3v) is 2.54. The minimum absolute atomic E-state index is 0. The van der Waals surface area contributed by atoms with Crippen LogP contribution in [0.15, 0.2) is 11.1 Å². The van der Waals surface area contributed by atoms with Crippen LogP contribution in [0.4, 0.5) is 5.95 Å². The molecule has 18 heavy (non-hydrogen) atoms. The van der Waals surface area contributed by atoms with Crippen LogP contribution in [-0.4, -0.2) is 54.8 Å². The lowest BCUT2D eigenvalue weighted by Gasteiger charge is -2.16. The van der Waals surface area contributed by atoms with E-state index in [1.165, 1.54) is 0 Å². The molecule has 1 aromatic rings. The lowest BCUT2D eigenvalue weighted by atomic mass is 10.1. The minimum atomic E-state index is -1.35. The maximum Gasteiger partial charge on any atom is 0.354 e. The summed E-state index contributed by atoms with van der Waals surface area (Å²) in [6, 6.07) is 0. The third kappa shape index (κ3) is 2.34. The van der Waals surface area contributed by atoms with Crippen LogP contribution >= 0.6 is 0 Å². The second-order valence-corrected chi connectivity index (χ2v) is 3.63. The highest BCUT2D eigenvalue weighted by molar-refractivity contribution is 5.10. The molecule has 1 aliphatic heterocycles. The molecule has 0 spiro atoms. The average molecular weight is 260 g/mol. The average Bonchev–Trinajstić information content (AvgIpc) is 2.57. The molecule has 102 valence electrons. The molecule has 0 amide bonds. The van der Waals surface area contributed by atoms with Crippen molar-refractivity contribution in [1.29, 1.82) is 0 Å². The van der Waals surface area contributed by atoms with Gasteiger partial charge in [0.05, 0.1) is 6.61 Å². The topological polar surface area (TPSA) is 144 Å². The molecular formula is C9H16N4O5. The number of ether oxygens (including phenoxy) is 1. The van der Waals surface area contributed by atoms with Gasteiger partial charge in [0.15, 0.2) is 6.23 Å². The molecule has 1 fully saturated rings. The number of aromatic nitrogens is 3. The molecule has 0 saturated carbocycles. The van der Waals surface area contributed by atoms with E-state index in [4.69, 9.17) is 15.6 Å². The highest BCUT2D eigenvalue weighted by atomic mass is 16.6. The number of nitrogens with zero attached hydrogens (tertiary/aromatic N) is 3. The second-order valence-electron chi connectivity index (χ2n) is 3.63. The highest BCUT2D eigenvalue weighted by Gasteiger charge is 2.43. The van der Waals surface area contributed by atoms with Crippen LogP contribution in [0.1, 0.15) is 13.7 Å². The van der Waals surface area contributed by atoms with Crippen LogP contribution < -0.4 is 11.4 Å². The number of hydrogen-bond acceptors (Lipinski definition) is 8. The van der Waals surface area contributed by atoms with Crippen molar-refractivity contribution in [3.63, 3.8) is 0 Å². The Morgan fingerprint density at radius 3 is 2.61 bits per heavy atom. The maximum absolute atomic E-state index is 11.5. The molecule has 9 heteroatoms. The Balaban J connectivity index is 0.00000162. The van der Waals surface area contributed by atoms with Gasteiger partial charge in [0.2, 0.25) is 5.95 Å². The van der Waals surface area contributed by atoms with Gasteiger partial charge in [-0.3, -0.25) is 4.57 Å². The summed E-state index contributed by atoms with van der Waals surface area (Å²) in [7, 11) is 0. The fourth-order valence-electron chi connectivity index (χ4n) is 1.64. The van der Waals surface area contributed by atoms with Crippen LogP contribution in [0, 0.1) is 0 Å². The Labute approximate surface area is 102 Å². The number of rotatable bonds is 2. The molecule has 1 aliphatic rings. The van der Waals surface area contributed by atoms with Gasteiger partial charge in [-0.05, 0) is 0 Å². The summed E-state index contributed by atoms with van der Waals surface area (Å²) in [5, 5.41) is 28.1. The summed E-state index contributed by atoms with van der Waals surface area (Å²) in [6.45, 7) is -0.473. The van der Waals surface area contributed by atoms with E-state index in [-0.39, 0.29) is 13.4 Å². The number of aliphatic hydroxyl groups excluding tert-OH is 3. The van der Waals surface area contributed by atoms with E-state index in [0.29, 0.717) is 0 Å². The van der Waals surface area contributed by atoms with Gasteiger partial charge in [0.1, 0.15) is 24.6 Å². The molecule has 0 aliphatic carbocycles. The van der Waals surface area contributed by atoms with Gasteiger partial charge in [-0.15, -0.1) is 0 Å². The van der Waals surface area contributed by atoms with Crippen LogP contribution in [0.3, 0.4) is 0 Å². The summed E-state index contributed by atoms with van der Waals surface area (Å²) < 4.78 is 6.04. The van der Waals surface area contributed by atoms with Crippen LogP contribution in [0.5, 0.6) is 0 Å². The van der Waals surface area contributed by atoms with Crippen LogP contribution in [0.25, 0.3) is 0 Å². The summed E-state index contributed by atoms with van der Waals surface area (Å²) in [5.41, 5.74) is 4.46. The van der Waals surface area contributed by atoms with E-state index in [9.17, 15) is 15.0 Å². The molecule has 2 rings (SSSR count). The maximum atomic E-state index is 11.5. The fraction of sp³-hybridized carbons (Fsp3) is 0.667. The first-order valence-electron chi connectivity index (χ1n) is 4.87. The Hall–Kier alpha value is -1.55. The smallest absolute Gasteiger partial charge is 0.354 e. The van der Waals surface area contributed by atoms with Gasteiger partial charge in [0, 0.05) is 0 Å². The molecule has 2 heterocycles. The molecule has 1 unspecified atom stereocenters. The van der Waals surface area contributed by atoms with Crippen LogP contribution in [0.2, 0.25) is 0 Å². The molecular weight excluding hydrogens is 244 g/mol. The van der Waals surface area contributed by atoms with Crippen molar-refractivity contribution in [2.24, 2.45) is 0 Å². The summed E-state index contributed by atoms with van der Waals surface area (Å²) in [6.07, 6.45) is -3.67. The second kappa shape index (κ2) is 5.40. The summed E-state index contributed by atoms with van der Waals surface area (Å²) in [4.78, 5) is 18.4. The van der Waals surface area contributed by atoms with Crippen molar-refractivity contribution < 1.29 is 20.1 Å². The molecule has 0 aromatic carbocycles. The van der Waals surface area contributed by atoms with Crippen LogP contribution in [-0.2, 0) is 4.74 Å². The van der Waals surface area contributed by atoms with E-state index in [1.54, 1.807) is 0 Å². The third-order valence-electron chi connectivity index (χ3n) is 2.54. The molecule has 9 nitrogen and oxygen atoms in total. The predicted octanol–water partition coefficient (Wildman–Crippen LogP) is -2.53. The van der Waals surface area contributed by atoms with Crippen molar-refractivity contribution in [3.8, 4) is 0 Å². The molecule has 1 aromatic heterocycles. The lowest BCUT2D eigenvalue weighted by molar-refractivity contribution is -0.0554. The molecule has 1 saturated heterocycles. The van der Waals surface area contributed by atoms with E-state index >= 15 is 0 Å². The predicted molar refractivity (Wildman–Crippen MR) is 60.4 cm³/mol. The van der Waals surface area contributed by atoms with Gasteiger partial charge in [-0.1, -0.05) is 7.43 Å². The zero-order chi connectivity index (χ0) is 12.6. The standard InChI is InChI=1S/C8H12N4O5.CH4/c9-7-10-2-12(8(16)11-7)6-5(15)4(14)3(1-13)17-6;/h2-6,13-15H,1H2,(H2,9,11,16);1H4/t3-,4+,5?,6-;/m1./s1. The number of nitrogens with two attached hydrogens (primary N) is 1. The normalized spacial score (nSPS) is 31.1. The van der Waals surface area contributed by atoms with E-state index in [0.717, 1.165) is 10.9 Å². The quantitative estimate of drug-likeness (QED) is 0.455. The Bertz CT molecular complexity index is 465. The van der Waals surface area contributed by atoms with E-state index in [1.807, 2.05) is 0 Å². The molecule has 5 N–H and O–H groups in total. The Morgan fingerprint density at radius 2 is 2.11 bits per heavy atom. The zero-order valence-corrected chi connectivity index (χ0v) is 8.67. The number of anilines is 1. The highest BCUT2D eigenvalue weighted by Crippen LogP contribution is 2.27. The first-order valence-corrected chi connectivity index (χ1v) is 4.87. The molecule has 0 bridgehead atoms. The Kier molecular flexibility index (Phi) is 4.35. The van der Waals surface area contributed by atoms with E-state index < -0.39 is 36.8 Å². The van der Waals surface area contributed by atoms with Gasteiger partial charge in [0.25, 0.3) is 0 Å².